The zero-order valence-corrected chi connectivity index (χ0v) is 10.7. The van der Waals surface area contributed by atoms with E-state index in [9.17, 15) is 9.18 Å². The summed E-state index contributed by atoms with van der Waals surface area (Å²) in [6.07, 6.45) is 0. The fourth-order valence-electron chi connectivity index (χ4n) is 1.12. The first-order valence-electron chi connectivity index (χ1n) is 4.42. The predicted octanol–water partition coefficient (Wildman–Crippen LogP) is 2.27. The molecule has 0 aliphatic rings. The number of benzene rings is 1. The summed E-state index contributed by atoms with van der Waals surface area (Å²) in [7, 11) is 0. The van der Waals surface area contributed by atoms with Crippen LogP contribution in [0.5, 0.6) is 0 Å². The number of hydrogen-bond acceptors (Lipinski definition) is 5. The second-order valence-electron chi connectivity index (χ2n) is 3.08. The Labute approximate surface area is 108 Å². The van der Waals surface area contributed by atoms with Gasteiger partial charge in [-0.25, -0.2) is 4.39 Å². The minimum absolute atomic E-state index is 0.0652. The standard InChI is InChI=1S/C9H6BrFN4OS/c10-5-3-4(1-2-6(5)11)13-9(16)7-8(12)15-17-14-7/h1-3H,(H2,12,15)(H,13,16). The maximum atomic E-state index is 13.0. The molecule has 0 bridgehead atoms. The second kappa shape index (κ2) is 4.76. The molecule has 1 aromatic carbocycles. The fraction of sp³-hybridized carbons (Fsp3) is 0. The van der Waals surface area contributed by atoms with E-state index in [1.807, 2.05) is 0 Å². The maximum absolute atomic E-state index is 13.0. The number of anilines is 2. The number of amides is 1. The van der Waals surface area contributed by atoms with Crippen LogP contribution in [-0.4, -0.2) is 14.7 Å². The van der Waals surface area contributed by atoms with Crippen LogP contribution in [0.25, 0.3) is 0 Å². The molecule has 0 atom stereocenters. The van der Waals surface area contributed by atoms with E-state index in [0.717, 1.165) is 11.7 Å². The van der Waals surface area contributed by atoms with Gasteiger partial charge in [-0.3, -0.25) is 4.79 Å². The van der Waals surface area contributed by atoms with Crippen LogP contribution in [0.15, 0.2) is 22.7 Å². The molecule has 0 aliphatic carbocycles. The highest BCUT2D eigenvalue weighted by Gasteiger charge is 2.14. The van der Waals surface area contributed by atoms with Crippen molar-refractivity contribution in [1.82, 2.24) is 8.75 Å². The van der Waals surface area contributed by atoms with E-state index in [-0.39, 0.29) is 16.0 Å². The number of nitrogens with two attached hydrogens (primary N) is 1. The smallest absolute Gasteiger partial charge is 0.279 e. The van der Waals surface area contributed by atoms with Crippen molar-refractivity contribution in [2.45, 2.75) is 0 Å². The van der Waals surface area contributed by atoms with Gasteiger partial charge in [-0.15, -0.1) is 0 Å². The van der Waals surface area contributed by atoms with Gasteiger partial charge in [0, 0.05) is 5.69 Å². The summed E-state index contributed by atoms with van der Waals surface area (Å²) in [5, 5.41) is 2.54. The van der Waals surface area contributed by atoms with Crippen molar-refractivity contribution in [2.24, 2.45) is 0 Å². The zero-order valence-electron chi connectivity index (χ0n) is 8.28. The SMILES string of the molecule is Nc1nsnc1C(=O)Nc1ccc(F)c(Br)c1. The van der Waals surface area contributed by atoms with Crippen molar-refractivity contribution in [3.63, 3.8) is 0 Å². The molecular formula is C9H6BrFN4OS. The van der Waals surface area contributed by atoms with Gasteiger partial charge in [-0.1, -0.05) is 0 Å². The molecule has 0 unspecified atom stereocenters. The molecule has 0 aliphatic heterocycles. The number of nitrogen functional groups attached to an aromatic ring is 1. The van der Waals surface area contributed by atoms with Gasteiger partial charge in [0.1, 0.15) is 5.82 Å². The average Bonchev–Trinajstić information content (AvgIpc) is 2.70. The Kier molecular flexibility index (Phi) is 3.34. The second-order valence-corrected chi connectivity index (χ2v) is 4.46. The quantitative estimate of drug-likeness (QED) is 0.890. The van der Waals surface area contributed by atoms with Crippen LogP contribution in [0.2, 0.25) is 0 Å². The minimum Gasteiger partial charge on any atom is -0.381 e. The lowest BCUT2D eigenvalue weighted by Crippen LogP contribution is -2.14. The Morgan fingerprint density at radius 2 is 2.24 bits per heavy atom. The molecule has 2 rings (SSSR count). The van der Waals surface area contributed by atoms with E-state index >= 15 is 0 Å². The van der Waals surface area contributed by atoms with Crippen LogP contribution >= 0.6 is 27.7 Å². The van der Waals surface area contributed by atoms with Crippen molar-refractivity contribution < 1.29 is 9.18 Å². The molecule has 3 N–H and O–H groups in total. The summed E-state index contributed by atoms with van der Waals surface area (Å²) in [6, 6.07) is 4.12. The number of halogens is 2. The third kappa shape index (κ3) is 2.59. The molecule has 8 heteroatoms. The van der Waals surface area contributed by atoms with Crippen LogP contribution in [0.3, 0.4) is 0 Å². The molecule has 88 valence electrons. The normalized spacial score (nSPS) is 10.2. The van der Waals surface area contributed by atoms with Gasteiger partial charge in [0.05, 0.1) is 16.2 Å². The molecule has 1 heterocycles. The van der Waals surface area contributed by atoms with Gasteiger partial charge in [0.25, 0.3) is 5.91 Å². The van der Waals surface area contributed by atoms with E-state index in [1.54, 1.807) is 0 Å². The Morgan fingerprint density at radius 1 is 1.47 bits per heavy atom. The molecule has 0 spiro atoms. The summed E-state index contributed by atoms with van der Waals surface area (Å²) in [5.41, 5.74) is 5.96. The van der Waals surface area contributed by atoms with E-state index in [1.165, 1.54) is 18.2 Å². The molecule has 17 heavy (non-hydrogen) atoms. The van der Waals surface area contributed by atoms with Crippen molar-refractivity contribution >= 4 is 45.1 Å². The third-order valence-corrected chi connectivity index (χ3v) is 3.06. The first kappa shape index (κ1) is 11.9. The summed E-state index contributed by atoms with van der Waals surface area (Å²) in [4.78, 5) is 11.7. The summed E-state index contributed by atoms with van der Waals surface area (Å²) < 4.78 is 20.7. The molecular weight excluding hydrogens is 311 g/mol. The minimum atomic E-state index is -0.477. The van der Waals surface area contributed by atoms with Crippen molar-refractivity contribution in [3.8, 4) is 0 Å². The van der Waals surface area contributed by atoms with Crippen molar-refractivity contribution in [2.75, 3.05) is 11.1 Å². The number of nitrogens with zero attached hydrogens (tertiary/aromatic N) is 2. The lowest BCUT2D eigenvalue weighted by molar-refractivity contribution is 0.102. The monoisotopic (exact) mass is 316 g/mol. The van der Waals surface area contributed by atoms with Gasteiger partial charge in [0.15, 0.2) is 11.5 Å². The zero-order chi connectivity index (χ0) is 12.4. The van der Waals surface area contributed by atoms with Crippen LogP contribution < -0.4 is 11.1 Å². The number of carbonyl (C=O) groups is 1. The highest BCUT2D eigenvalue weighted by molar-refractivity contribution is 9.10. The molecule has 0 saturated carbocycles. The largest absolute Gasteiger partial charge is 0.381 e. The molecule has 5 nitrogen and oxygen atoms in total. The maximum Gasteiger partial charge on any atom is 0.279 e. The number of aromatic nitrogens is 2. The highest BCUT2D eigenvalue weighted by Crippen LogP contribution is 2.20. The lowest BCUT2D eigenvalue weighted by Gasteiger charge is -2.04. The third-order valence-electron chi connectivity index (χ3n) is 1.91. The first-order valence-corrected chi connectivity index (χ1v) is 5.94. The first-order chi connectivity index (χ1) is 8.08. The number of hydrogen-bond donors (Lipinski definition) is 2. The Hall–Kier alpha value is -1.54. The average molecular weight is 317 g/mol. The van der Waals surface area contributed by atoms with E-state index < -0.39 is 11.7 Å². The Bertz CT molecular complexity index is 574. The van der Waals surface area contributed by atoms with Crippen LogP contribution in [0.4, 0.5) is 15.9 Å². The molecule has 1 aromatic heterocycles. The van der Waals surface area contributed by atoms with Crippen LogP contribution in [0.1, 0.15) is 10.5 Å². The van der Waals surface area contributed by atoms with E-state index in [2.05, 4.69) is 30.0 Å². The summed E-state index contributed by atoms with van der Waals surface area (Å²) in [5.74, 6) is -0.804. The molecule has 0 saturated heterocycles. The molecule has 2 aromatic rings. The fourth-order valence-corrected chi connectivity index (χ4v) is 1.97. The van der Waals surface area contributed by atoms with Crippen molar-refractivity contribution in [1.29, 1.82) is 0 Å². The molecule has 0 radical (unpaired) electrons. The van der Waals surface area contributed by atoms with Gasteiger partial charge >= 0.3 is 0 Å². The van der Waals surface area contributed by atoms with Gasteiger partial charge in [-0.2, -0.15) is 8.75 Å². The predicted molar refractivity (Wildman–Crippen MR) is 66.4 cm³/mol. The van der Waals surface area contributed by atoms with E-state index in [4.69, 9.17) is 5.73 Å². The van der Waals surface area contributed by atoms with Crippen molar-refractivity contribution in [3.05, 3.63) is 34.2 Å². The Balaban J connectivity index is 2.19. The number of nitrogens with one attached hydrogen (secondary N) is 1. The number of carbonyl (C=O) groups excluding carboxylic acids is 1. The van der Waals surface area contributed by atoms with Crippen LogP contribution in [0, 0.1) is 5.82 Å². The van der Waals surface area contributed by atoms with Crippen LogP contribution in [-0.2, 0) is 0 Å². The van der Waals surface area contributed by atoms with E-state index in [0.29, 0.717) is 5.69 Å². The molecule has 0 fully saturated rings. The lowest BCUT2D eigenvalue weighted by atomic mass is 10.3. The van der Waals surface area contributed by atoms with Gasteiger partial charge in [0.2, 0.25) is 0 Å². The summed E-state index contributed by atoms with van der Waals surface area (Å²) in [6.45, 7) is 0. The Morgan fingerprint density at radius 3 is 2.82 bits per heavy atom. The summed E-state index contributed by atoms with van der Waals surface area (Å²) >= 11 is 3.88. The van der Waals surface area contributed by atoms with Gasteiger partial charge < -0.3 is 11.1 Å². The number of rotatable bonds is 2. The highest BCUT2D eigenvalue weighted by atomic mass is 79.9. The topological polar surface area (TPSA) is 80.9 Å². The van der Waals surface area contributed by atoms with Gasteiger partial charge in [-0.05, 0) is 34.1 Å². The molecule has 1 amide bonds.